The van der Waals surface area contributed by atoms with E-state index in [9.17, 15) is 8.42 Å². The van der Waals surface area contributed by atoms with E-state index in [0.717, 1.165) is 0 Å². The molecule has 4 nitrogen and oxygen atoms in total. The second-order valence-electron chi connectivity index (χ2n) is 1.85. The van der Waals surface area contributed by atoms with E-state index in [2.05, 4.69) is 5.32 Å². The smallest absolute Gasteiger partial charge is 0.292 e. The molecule has 0 aromatic rings. The molecule has 0 bridgehead atoms. The summed E-state index contributed by atoms with van der Waals surface area (Å²) < 4.78 is 29.3. The molecule has 0 aliphatic carbocycles. The van der Waals surface area contributed by atoms with Gasteiger partial charge in [-0.05, 0) is 18.4 Å². The number of allylic oxidation sites excluding steroid dienone is 2. The number of hydrogen-bond acceptors (Lipinski definition) is 3. The maximum atomic E-state index is 10.4. The Morgan fingerprint density at radius 2 is 2.30 bits per heavy atom. The summed E-state index contributed by atoms with van der Waals surface area (Å²) in [4.78, 5) is -0.00463. The molecule has 10 heavy (non-hydrogen) atoms. The molecular weight excluding hydrogens is 154 g/mol. The third-order valence-electron chi connectivity index (χ3n) is 1.10. The summed E-state index contributed by atoms with van der Waals surface area (Å²) >= 11 is 0. The zero-order valence-electron chi connectivity index (χ0n) is 5.11. The second kappa shape index (κ2) is 2.43. The highest BCUT2D eigenvalue weighted by Gasteiger charge is 2.12. The average Bonchev–Trinajstić information content (AvgIpc) is 1.88. The van der Waals surface area contributed by atoms with Crippen LogP contribution in [0.1, 0.15) is 0 Å². The lowest BCUT2D eigenvalue weighted by atomic mass is 10.4. The van der Waals surface area contributed by atoms with Gasteiger partial charge in [-0.2, -0.15) is 8.42 Å². The topological polar surface area (TPSA) is 66.4 Å². The van der Waals surface area contributed by atoms with Gasteiger partial charge >= 0.3 is 0 Å². The third-order valence-corrected chi connectivity index (χ3v) is 2.05. The van der Waals surface area contributed by atoms with Crippen molar-refractivity contribution < 1.29 is 13.0 Å². The summed E-state index contributed by atoms with van der Waals surface area (Å²) in [6.07, 6.45) is 4.48. The Morgan fingerprint density at radius 3 is 2.60 bits per heavy atom. The fourth-order valence-electron chi connectivity index (χ4n) is 0.619. The molecule has 0 radical (unpaired) electrons. The van der Waals surface area contributed by atoms with Crippen LogP contribution in [0.3, 0.4) is 0 Å². The van der Waals surface area contributed by atoms with Crippen molar-refractivity contribution in [1.29, 1.82) is 0 Å². The van der Waals surface area contributed by atoms with Gasteiger partial charge in [0, 0.05) is 0 Å². The number of nitrogens with one attached hydrogen (secondary N) is 1. The van der Waals surface area contributed by atoms with Crippen molar-refractivity contribution >= 4 is 10.1 Å². The zero-order chi connectivity index (χ0) is 7.61. The van der Waals surface area contributed by atoms with Gasteiger partial charge in [-0.15, -0.1) is 0 Å². The first kappa shape index (κ1) is 7.30. The van der Waals surface area contributed by atoms with E-state index in [4.69, 9.17) is 4.55 Å². The van der Waals surface area contributed by atoms with Gasteiger partial charge in [-0.1, -0.05) is 0 Å². The molecule has 0 unspecified atom stereocenters. The molecule has 0 amide bonds. The van der Waals surface area contributed by atoms with Gasteiger partial charge in [0.15, 0.2) is 0 Å². The van der Waals surface area contributed by atoms with Crippen LogP contribution in [0.25, 0.3) is 0 Å². The average molecular weight is 161 g/mol. The van der Waals surface area contributed by atoms with E-state index in [-0.39, 0.29) is 11.4 Å². The monoisotopic (exact) mass is 161 g/mol. The molecule has 56 valence electrons. The Morgan fingerprint density at radius 1 is 1.60 bits per heavy atom. The molecule has 0 spiro atoms. The standard InChI is InChI=1S/C5H7NO3S/c7-10(8,9)5-2-1-3-6-4-5/h1-3,6H,4H2,(H,7,8,9). The van der Waals surface area contributed by atoms with Crippen LogP contribution in [-0.2, 0) is 10.1 Å². The largest absolute Gasteiger partial charge is 0.386 e. The van der Waals surface area contributed by atoms with Crippen molar-refractivity contribution in [3.05, 3.63) is 23.3 Å². The van der Waals surface area contributed by atoms with Crippen molar-refractivity contribution in [3.63, 3.8) is 0 Å². The lowest BCUT2D eigenvalue weighted by Crippen LogP contribution is -2.18. The van der Waals surface area contributed by atoms with Crippen LogP contribution in [0.4, 0.5) is 0 Å². The van der Waals surface area contributed by atoms with Crippen LogP contribution in [0.2, 0.25) is 0 Å². The molecule has 0 aromatic carbocycles. The first-order valence-electron chi connectivity index (χ1n) is 2.67. The summed E-state index contributed by atoms with van der Waals surface area (Å²) in [5, 5.41) is 2.65. The van der Waals surface area contributed by atoms with Gasteiger partial charge < -0.3 is 5.32 Å². The Hall–Kier alpha value is -0.810. The molecule has 5 heteroatoms. The first-order chi connectivity index (χ1) is 4.61. The van der Waals surface area contributed by atoms with Crippen LogP contribution < -0.4 is 5.32 Å². The van der Waals surface area contributed by atoms with Crippen LogP contribution >= 0.6 is 0 Å². The molecule has 1 heterocycles. The third kappa shape index (κ3) is 1.58. The van der Waals surface area contributed by atoms with Crippen LogP contribution in [0, 0.1) is 0 Å². The molecule has 1 aliphatic rings. The summed E-state index contributed by atoms with van der Waals surface area (Å²) in [6.45, 7) is 0.162. The minimum absolute atomic E-state index is 0.00463. The summed E-state index contributed by atoms with van der Waals surface area (Å²) in [7, 11) is -3.98. The second-order valence-corrected chi connectivity index (χ2v) is 3.32. The predicted molar refractivity (Wildman–Crippen MR) is 36.8 cm³/mol. The van der Waals surface area contributed by atoms with Gasteiger partial charge in [-0.3, -0.25) is 4.55 Å². The Balaban J connectivity index is 2.93. The minimum atomic E-state index is -3.98. The van der Waals surface area contributed by atoms with Gasteiger partial charge in [-0.25, -0.2) is 0 Å². The van der Waals surface area contributed by atoms with E-state index in [0.29, 0.717) is 0 Å². The zero-order valence-corrected chi connectivity index (χ0v) is 5.93. The Bertz CT molecular complexity index is 275. The van der Waals surface area contributed by atoms with Gasteiger partial charge in [0.05, 0.1) is 11.4 Å². The van der Waals surface area contributed by atoms with Crippen molar-refractivity contribution in [1.82, 2.24) is 5.32 Å². The van der Waals surface area contributed by atoms with Crippen LogP contribution in [0.5, 0.6) is 0 Å². The minimum Gasteiger partial charge on any atom is -0.386 e. The maximum Gasteiger partial charge on any atom is 0.292 e. The number of hydrogen-bond donors (Lipinski definition) is 2. The fraction of sp³-hybridized carbons (Fsp3) is 0.200. The van der Waals surface area contributed by atoms with Crippen LogP contribution in [0.15, 0.2) is 23.3 Å². The molecule has 0 fully saturated rings. The van der Waals surface area contributed by atoms with Gasteiger partial charge in [0.2, 0.25) is 0 Å². The molecule has 1 aliphatic heterocycles. The number of dihydropyridines is 1. The molecule has 2 N–H and O–H groups in total. The van der Waals surface area contributed by atoms with E-state index in [1.807, 2.05) is 0 Å². The van der Waals surface area contributed by atoms with Crippen molar-refractivity contribution in [2.24, 2.45) is 0 Å². The number of rotatable bonds is 1. The molecule has 0 saturated carbocycles. The van der Waals surface area contributed by atoms with E-state index in [1.165, 1.54) is 12.2 Å². The van der Waals surface area contributed by atoms with Crippen molar-refractivity contribution in [3.8, 4) is 0 Å². The lowest BCUT2D eigenvalue weighted by molar-refractivity contribution is 0.489. The molecular formula is C5H7NO3S. The van der Waals surface area contributed by atoms with E-state index in [1.54, 1.807) is 6.20 Å². The fourth-order valence-corrected chi connectivity index (χ4v) is 1.14. The molecule has 1 rings (SSSR count). The SMILES string of the molecule is O=S(=O)(O)C1=CC=CNC1. The normalized spacial score (nSPS) is 17.9. The van der Waals surface area contributed by atoms with E-state index < -0.39 is 10.1 Å². The quantitative estimate of drug-likeness (QED) is 0.526. The highest BCUT2D eigenvalue weighted by molar-refractivity contribution is 7.89. The predicted octanol–water partition coefficient (Wildman–Crippen LogP) is -0.125. The maximum absolute atomic E-state index is 10.4. The summed E-state index contributed by atoms with van der Waals surface area (Å²) in [5.74, 6) is 0. The molecule has 0 atom stereocenters. The molecule has 0 aromatic heterocycles. The van der Waals surface area contributed by atoms with Crippen molar-refractivity contribution in [2.45, 2.75) is 0 Å². The highest BCUT2D eigenvalue weighted by Crippen LogP contribution is 2.04. The van der Waals surface area contributed by atoms with Gasteiger partial charge in [0.1, 0.15) is 0 Å². The Kier molecular flexibility index (Phi) is 1.78. The molecule has 0 saturated heterocycles. The van der Waals surface area contributed by atoms with Gasteiger partial charge in [0.25, 0.3) is 10.1 Å². The Labute approximate surface area is 59.0 Å². The highest BCUT2D eigenvalue weighted by atomic mass is 32.2. The van der Waals surface area contributed by atoms with Crippen LogP contribution in [-0.4, -0.2) is 19.5 Å². The van der Waals surface area contributed by atoms with E-state index >= 15 is 0 Å². The van der Waals surface area contributed by atoms with Crippen molar-refractivity contribution in [2.75, 3.05) is 6.54 Å². The summed E-state index contributed by atoms with van der Waals surface area (Å²) in [5.41, 5.74) is 0. The summed E-state index contributed by atoms with van der Waals surface area (Å²) in [6, 6.07) is 0. The lowest BCUT2D eigenvalue weighted by Gasteiger charge is -2.06. The first-order valence-corrected chi connectivity index (χ1v) is 4.11.